The van der Waals surface area contributed by atoms with E-state index < -0.39 is 124 Å². The van der Waals surface area contributed by atoms with Crippen LogP contribution < -0.4 is 4.74 Å². The number of benzene rings is 8. The van der Waals surface area contributed by atoms with Gasteiger partial charge in [-0.05, 0) is 63.5 Å². The first kappa shape index (κ1) is 16.1. The summed E-state index contributed by atoms with van der Waals surface area (Å²) in [4.78, 5) is 0. The molecule has 2 aliphatic rings. The third-order valence-electron chi connectivity index (χ3n) is 9.72. The normalized spacial score (nSPS) is 17.9. The van der Waals surface area contributed by atoms with Crippen molar-refractivity contribution in [2.45, 2.75) is 5.41 Å². The molecular weight excluding hydrogens is 595 g/mol. The molecule has 11 rings (SSSR count). The summed E-state index contributed by atoms with van der Waals surface area (Å²) in [5.74, 6) is -1.13. The minimum atomic E-state index is -2.57. The molecule has 0 radical (unpaired) electrons. The lowest BCUT2D eigenvalue weighted by atomic mass is 9.66. The van der Waals surface area contributed by atoms with Crippen molar-refractivity contribution in [2.24, 2.45) is 0 Å². The highest BCUT2D eigenvalue weighted by Crippen LogP contribution is 2.62. The SMILES string of the molecule is [2H]c1c([2H])c([2H])c2c(c1[2H])Oc1c([2H])c([2H])c(-c3cccc4c5ccc6ccccc6c5n(-c5ccccc5)c34)c([2H])c1C21c2c([2H])c([2H])c([2H])c([2H])c2-c2c([2H])c([2H])c([2H])c([2H])c21. The monoisotopic (exact) mass is 638 g/mol. The molecule has 2 heterocycles. The third kappa shape index (κ3) is 3.45. The quantitative estimate of drug-likeness (QED) is 0.184. The average molecular weight is 639 g/mol. The van der Waals surface area contributed by atoms with Gasteiger partial charge in [0, 0.05) is 38.5 Å². The van der Waals surface area contributed by atoms with E-state index in [0.717, 1.165) is 32.7 Å². The van der Waals surface area contributed by atoms with Gasteiger partial charge in [-0.25, -0.2) is 0 Å². The van der Waals surface area contributed by atoms with Gasteiger partial charge in [0.15, 0.2) is 0 Å². The molecule has 0 saturated carbocycles. The predicted octanol–water partition coefficient (Wildman–Crippen LogP) is 12.1. The average Bonchev–Trinajstić information content (AvgIpc) is 3.81. The van der Waals surface area contributed by atoms with Crippen LogP contribution in [0.5, 0.6) is 11.5 Å². The number of para-hydroxylation sites is 3. The second-order valence-corrected chi connectivity index (χ2v) is 12.1. The van der Waals surface area contributed by atoms with Crippen molar-refractivity contribution in [3.05, 3.63) is 198 Å². The van der Waals surface area contributed by atoms with E-state index in [4.69, 9.17) is 14.3 Å². The van der Waals surface area contributed by atoms with Crippen LogP contribution in [0.2, 0.25) is 0 Å². The predicted molar refractivity (Wildman–Crippen MR) is 201 cm³/mol. The third-order valence-corrected chi connectivity index (χ3v) is 9.72. The minimum absolute atomic E-state index is 0.137. The van der Waals surface area contributed by atoms with E-state index in [1.54, 1.807) is 12.1 Å². The molecule has 0 bridgehead atoms. The summed E-state index contributed by atoms with van der Waals surface area (Å²) in [6, 6.07) is 16.1. The Morgan fingerprint density at radius 2 is 1.12 bits per heavy atom. The second-order valence-electron chi connectivity index (χ2n) is 12.1. The van der Waals surface area contributed by atoms with Crippen LogP contribution in [0.15, 0.2) is 176 Å². The molecule has 8 aromatic carbocycles. The van der Waals surface area contributed by atoms with E-state index in [9.17, 15) is 11.0 Å². The van der Waals surface area contributed by atoms with Crippen LogP contribution >= 0.6 is 0 Å². The van der Waals surface area contributed by atoms with E-state index >= 15 is 0 Å². The van der Waals surface area contributed by atoms with Crippen LogP contribution in [0.3, 0.4) is 0 Å². The fourth-order valence-corrected chi connectivity index (χ4v) is 7.79. The van der Waals surface area contributed by atoms with E-state index in [-0.39, 0.29) is 22.3 Å². The van der Waals surface area contributed by atoms with Gasteiger partial charge in [0.2, 0.25) is 0 Å². The lowest BCUT2D eigenvalue weighted by molar-refractivity contribution is 0.436. The van der Waals surface area contributed by atoms with Crippen molar-refractivity contribution in [3.63, 3.8) is 0 Å². The Hall–Kier alpha value is -6.38. The molecule has 1 aromatic heterocycles. The molecule has 0 amide bonds. The number of hydrogen-bond donors (Lipinski definition) is 0. The number of hydrogen-bond acceptors (Lipinski definition) is 1. The summed E-state index contributed by atoms with van der Waals surface area (Å²) in [6.45, 7) is 0. The van der Waals surface area contributed by atoms with Gasteiger partial charge in [-0.1, -0.05) is 145 Å². The topological polar surface area (TPSA) is 14.2 Å². The maximum atomic E-state index is 10.4. The molecule has 2 nitrogen and oxygen atoms in total. The Morgan fingerprint density at radius 3 is 1.94 bits per heavy atom. The zero-order chi connectivity index (χ0) is 45.2. The van der Waals surface area contributed by atoms with Crippen LogP contribution in [-0.4, -0.2) is 4.57 Å². The van der Waals surface area contributed by atoms with E-state index in [0.29, 0.717) is 11.1 Å². The molecule has 0 atom stereocenters. The summed E-state index contributed by atoms with van der Waals surface area (Å²) in [6.07, 6.45) is 0. The van der Waals surface area contributed by atoms with Crippen molar-refractivity contribution in [2.75, 3.05) is 0 Å². The molecular formula is C47H29NO. The lowest BCUT2D eigenvalue weighted by Crippen LogP contribution is -2.32. The summed E-state index contributed by atoms with van der Waals surface area (Å²) < 4.78 is 147. The van der Waals surface area contributed by atoms with E-state index in [1.807, 2.05) is 77.4 Å². The lowest BCUT2D eigenvalue weighted by Gasteiger charge is -2.39. The van der Waals surface area contributed by atoms with Crippen molar-refractivity contribution >= 4 is 32.6 Å². The number of rotatable bonds is 2. The zero-order valence-corrected chi connectivity index (χ0v) is 25.4. The maximum Gasteiger partial charge on any atom is 0.132 e. The molecule has 0 unspecified atom stereocenters. The van der Waals surface area contributed by atoms with Crippen LogP contribution in [0.4, 0.5) is 0 Å². The maximum absolute atomic E-state index is 10.4. The smallest absolute Gasteiger partial charge is 0.132 e. The van der Waals surface area contributed by atoms with Gasteiger partial charge in [-0.15, -0.1) is 0 Å². The molecule has 9 aromatic rings. The van der Waals surface area contributed by atoms with Crippen LogP contribution in [0, 0.1) is 0 Å². The Morgan fingerprint density at radius 1 is 0.469 bits per heavy atom. The van der Waals surface area contributed by atoms with Crippen LogP contribution in [-0.2, 0) is 5.41 Å². The van der Waals surface area contributed by atoms with Gasteiger partial charge >= 0.3 is 0 Å². The number of nitrogens with zero attached hydrogens (tertiary/aromatic N) is 1. The molecule has 1 aliphatic heterocycles. The fraction of sp³-hybridized carbons (Fsp3) is 0.0213. The Kier molecular flexibility index (Phi) is 3.24. The molecule has 1 aliphatic carbocycles. The van der Waals surface area contributed by atoms with Crippen molar-refractivity contribution < 1.29 is 25.3 Å². The number of fused-ring (bicyclic) bond motifs is 14. The van der Waals surface area contributed by atoms with E-state index in [1.165, 1.54) is 0 Å². The van der Waals surface area contributed by atoms with Crippen LogP contribution in [0.1, 0.15) is 42.8 Å². The Balaban J connectivity index is 1.41. The molecule has 49 heavy (non-hydrogen) atoms. The zero-order valence-electron chi connectivity index (χ0n) is 40.4. The van der Waals surface area contributed by atoms with Gasteiger partial charge in [-0.3, -0.25) is 0 Å². The molecule has 1 spiro atoms. The van der Waals surface area contributed by atoms with Gasteiger partial charge < -0.3 is 9.30 Å². The Labute approximate surface area is 305 Å². The van der Waals surface area contributed by atoms with Gasteiger partial charge in [-0.2, -0.15) is 0 Å². The van der Waals surface area contributed by atoms with Crippen molar-refractivity contribution in [1.29, 1.82) is 0 Å². The van der Waals surface area contributed by atoms with Crippen molar-refractivity contribution in [1.82, 2.24) is 4.57 Å². The highest BCUT2D eigenvalue weighted by atomic mass is 16.5. The molecule has 2 heteroatoms. The first-order valence-electron chi connectivity index (χ1n) is 23.2. The fourth-order valence-electron chi connectivity index (χ4n) is 7.79. The standard InChI is InChI=1S/C47H29NO/c1-2-14-32(15-3-1)48-45-33-16-5-4-13-30(33)25-27-38(45)37-20-12-19-34(46(37)48)31-26-28-44-42(29-31)47(41-23-10-11-24-43(41)49-44)39-21-8-6-17-35(39)36-18-7-9-22-40(36)47/h1-29H/i6D,7D,8D,9D,10D,11D,17D,18D,21D,22D,23D,24D,26D,28D,29D. The summed E-state index contributed by atoms with van der Waals surface area (Å²) >= 11 is 0. The van der Waals surface area contributed by atoms with Gasteiger partial charge in [0.05, 0.1) is 37.0 Å². The molecule has 0 N–H and O–H groups in total. The van der Waals surface area contributed by atoms with E-state index in [2.05, 4.69) is 0 Å². The number of ether oxygens (including phenoxy) is 1. The molecule has 0 saturated heterocycles. The molecule has 228 valence electrons. The Bertz CT molecular complexity index is 3590. The van der Waals surface area contributed by atoms with Gasteiger partial charge in [0.25, 0.3) is 0 Å². The van der Waals surface area contributed by atoms with Crippen molar-refractivity contribution in [3.8, 4) is 39.4 Å². The summed E-state index contributed by atoms with van der Waals surface area (Å²) in [5, 5.41) is 3.44. The highest BCUT2D eigenvalue weighted by molar-refractivity contribution is 6.21. The largest absolute Gasteiger partial charge is 0.457 e. The number of aromatic nitrogens is 1. The first-order chi connectivity index (χ1) is 30.6. The summed E-state index contributed by atoms with van der Waals surface area (Å²) in [7, 11) is 0. The molecule has 0 fully saturated rings. The summed E-state index contributed by atoms with van der Waals surface area (Å²) in [5.41, 5.74) is -2.69. The van der Waals surface area contributed by atoms with Gasteiger partial charge in [0.1, 0.15) is 11.5 Å². The highest BCUT2D eigenvalue weighted by Gasteiger charge is 2.51. The minimum Gasteiger partial charge on any atom is -0.457 e. The van der Waals surface area contributed by atoms with Crippen LogP contribution in [0.25, 0.3) is 60.5 Å². The first-order valence-corrected chi connectivity index (χ1v) is 15.7. The second kappa shape index (κ2) is 9.82.